The number of aromatic nitrogens is 2. The van der Waals surface area contributed by atoms with Crippen LogP contribution in [0.2, 0.25) is 0 Å². The quantitative estimate of drug-likeness (QED) is 0.285. The van der Waals surface area contributed by atoms with E-state index in [1.165, 1.54) is 5.56 Å². The fourth-order valence-corrected chi connectivity index (χ4v) is 3.09. The van der Waals surface area contributed by atoms with Crippen molar-refractivity contribution >= 4 is 29.9 Å². The Morgan fingerprint density at radius 1 is 1.23 bits per heavy atom. The number of rotatable bonds is 7. The highest BCUT2D eigenvalue weighted by atomic mass is 127. The monoisotopic (exact) mass is 465 g/mol. The Hall–Kier alpha value is -1.83. The van der Waals surface area contributed by atoms with Gasteiger partial charge in [0.15, 0.2) is 5.96 Å². The molecule has 26 heavy (non-hydrogen) atoms. The highest BCUT2D eigenvalue weighted by Gasteiger charge is 2.12. The van der Waals surface area contributed by atoms with Crippen molar-refractivity contribution in [1.82, 2.24) is 20.2 Å². The number of nitrogens with zero attached hydrogens (tertiary/aromatic N) is 3. The number of hydrogen-bond acceptors (Lipinski definition) is 2. The molecule has 0 saturated heterocycles. The second-order valence-electron chi connectivity index (χ2n) is 6.34. The van der Waals surface area contributed by atoms with Gasteiger partial charge in [0.05, 0.1) is 6.54 Å². The first-order chi connectivity index (χ1) is 12.3. The molecule has 1 aliphatic rings. The van der Waals surface area contributed by atoms with Gasteiger partial charge in [-0.05, 0) is 31.2 Å². The molecule has 1 heterocycles. The van der Waals surface area contributed by atoms with Crippen LogP contribution in [0.4, 0.5) is 0 Å². The first kappa shape index (κ1) is 20.5. The van der Waals surface area contributed by atoms with Crippen molar-refractivity contribution in [2.24, 2.45) is 4.99 Å². The van der Waals surface area contributed by atoms with Crippen LogP contribution in [0.1, 0.15) is 30.7 Å². The lowest BCUT2D eigenvalue weighted by Gasteiger charge is -2.17. The van der Waals surface area contributed by atoms with Crippen molar-refractivity contribution in [2.75, 3.05) is 7.05 Å². The zero-order valence-electron chi connectivity index (χ0n) is 15.3. The van der Waals surface area contributed by atoms with Crippen LogP contribution >= 0.6 is 24.0 Å². The average Bonchev–Trinajstić information content (AvgIpc) is 3.31. The molecule has 0 amide bonds. The number of imidazole rings is 1. The maximum absolute atomic E-state index is 4.49. The highest BCUT2D eigenvalue weighted by Crippen LogP contribution is 2.09. The molecule has 3 rings (SSSR count). The molecule has 0 fully saturated rings. The summed E-state index contributed by atoms with van der Waals surface area (Å²) in [4.78, 5) is 8.80. The molecule has 0 unspecified atom stereocenters. The van der Waals surface area contributed by atoms with Gasteiger partial charge < -0.3 is 15.2 Å². The van der Waals surface area contributed by atoms with Gasteiger partial charge in [0.2, 0.25) is 0 Å². The van der Waals surface area contributed by atoms with E-state index < -0.39 is 0 Å². The van der Waals surface area contributed by atoms with Crippen molar-refractivity contribution in [3.05, 3.63) is 66.3 Å². The zero-order valence-corrected chi connectivity index (χ0v) is 17.6. The molecule has 0 aliphatic heterocycles. The van der Waals surface area contributed by atoms with Crippen LogP contribution in [-0.4, -0.2) is 28.6 Å². The predicted octanol–water partition coefficient (Wildman–Crippen LogP) is 3.52. The summed E-state index contributed by atoms with van der Waals surface area (Å²) in [5, 5.41) is 6.83. The highest BCUT2D eigenvalue weighted by molar-refractivity contribution is 14.0. The minimum absolute atomic E-state index is 0. The summed E-state index contributed by atoms with van der Waals surface area (Å²) in [6, 6.07) is 11.1. The third kappa shape index (κ3) is 6.16. The molecule has 1 aromatic heterocycles. The van der Waals surface area contributed by atoms with Crippen molar-refractivity contribution in [2.45, 2.75) is 44.8 Å². The van der Waals surface area contributed by atoms with Gasteiger partial charge in [0.25, 0.3) is 0 Å². The number of guanidine groups is 1. The van der Waals surface area contributed by atoms with Crippen molar-refractivity contribution in [3.63, 3.8) is 0 Å². The Balaban J connectivity index is 0.00000243. The summed E-state index contributed by atoms with van der Waals surface area (Å²) in [5.41, 5.74) is 1.39. The van der Waals surface area contributed by atoms with E-state index in [-0.39, 0.29) is 24.0 Å². The van der Waals surface area contributed by atoms with Crippen LogP contribution < -0.4 is 10.6 Å². The Labute approximate surface area is 173 Å². The number of halogens is 1. The lowest BCUT2D eigenvalue weighted by atomic mass is 10.1. The maximum atomic E-state index is 4.49. The standard InChI is InChI=1S/C20H27N5.HI/c1-21-20(24-18-11-5-6-12-18)23-16-19-22-13-15-25(19)14-7-10-17-8-3-2-4-9-17;/h2-6,8-9,13,15,18H,7,10-12,14,16H2,1H3,(H2,21,23,24);1H. The molecule has 1 aliphatic carbocycles. The largest absolute Gasteiger partial charge is 0.353 e. The average molecular weight is 465 g/mol. The fourth-order valence-electron chi connectivity index (χ4n) is 3.09. The molecule has 0 radical (unpaired) electrons. The van der Waals surface area contributed by atoms with E-state index in [1.54, 1.807) is 0 Å². The van der Waals surface area contributed by atoms with Crippen LogP contribution in [0.5, 0.6) is 0 Å². The molecule has 2 N–H and O–H groups in total. The molecule has 1 aromatic carbocycles. The van der Waals surface area contributed by atoms with Crippen LogP contribution in [-0.2, 0) is 19.5 Å². The van der Waals surface area contributed by atoms with E-state index in [4.69, 9.17) is 0 Å². The molecule has 0 bridgehead atoms. The Morgan fingerprint density at radius 2 is 2.00 bits per heavy atom. The summed E-state index contributed by atoms with van der Waals surface area (Å²) in [5.74, 6) is 1.88. The number of aliphatic imine (C=N–C) groups is 1. The molecule has 0 atom stereocenters. The topological polar surface area (TPSA) is 54.2 Å². The predicted molar refractivity (Wildman–Crippen MR) is 118 cm³/mol. The summed E-state index contributed by atoms with van der Waals surface area (Å²) < 4.78 is 2.22. The zero-order chi connectivity index (χ0) is 17.3. The number of benzene rings is 1. The van der Waals surface area contributed by atoms with Gasteiger partial charge in [0.1, 0.15) is 5.82 Å². The number of hydrogen-bond donors (Lipinski definition) is 2. The van der Waals surface area contributed by atoms with Crippen molar-refractivity contribution in [3.8, 4) is 0 Å². The lowest BCUT2D eigenvalue weighted by Crippen LogP contribution is -2.42. The van der Waals surface area contributed by atoms with Gasteiger partial charge in [0, 0.05) is 32.0 Å². The number of nitrogens with one attached hydrogen (secondary N) is 2. The van der Waals surface area contributed by atoms with E-state index in [1.807, 2.05) is 13.2 Å². The van der Waals surface area contributed by atoms with E-state index in [9.17, 15) is 0 Å². The van der Waals surface area contributed by atoms with E-state index in [0.717, 1.165) is 44.0 Å². The molecule has 0 saturated carbocycles. The first-order valence-electron chi connectivity index (χ1n) is 9.01. The SMILES string of the molecule is CN=C(NCc1nccn1CCCc1ccccc1)NC1CC=CC1.I. The molecule has 140 valence electrons. The van der Waals surface area contributed by atoms with E-state index in [2.05, 4.69) is 73.9 Å². The molecular formula is C20H28IN5. The van der Waals surface area contributed by atoms with Gasteiger partial charge >= 0.3 is 0 Å². The third-order valence-corrected chi connectivity index (χ3v) is 4.50. The minimum atomic E-state index is 0. The van der Waals surface area contributed by atoms with Crippen LogP contribution in [0, 0.1) is 0 Å². The lowest BCUT2D eigenvalue weighted by molar-refractivity contribution is 0.592. The minimum Gasteiger partial charge on any atom is -0.353 e. The second kappa shape index (κ2) is 11.0. The Morgan fingerprint density at radius 3 is 2.73 bits per heavy atom. The normalized spacial score (nSPS) is 14.3. The van der Waals surface area contributed by atoms with Crippen LogP contribution in [0.25, 0.3) is 0 Å². The molecule has 0 spiro atoms. The van der Waals surface area contributed by atoms with Gasteiger partial charge in [-0.15, -0.1) is 24.0 Å². The van der Waals surface area contributed by atoms with Gasteiger partial charge in [-0.2, -0.15) is 0 Å². The number of aryl methyl sites for hydroxylation is 2. The van der Waals surface area contributed by atoms with Crippen LogP contribution in [0.15, 0.2) is 59.9 Å². The van der Waals surface area contributed by atoms with Gasteiger partial charge in [-0.3, -0.25) is 4.99 Å². The van der Waals surface area contributed by atoms with E-state index in [0.29, 0.717) is 12.6 Å². The molecule has 2 aromatic rings. The smallest absolute Gasteiger partial charge is 0.191 e. The first-order valence-corrected chi connectivity index (χ1v) is 9.01. The summed E-state index contributed by atoms with van der Waals surface area (Å²) in [6.45, 7) is 1.66. The molecule has 5 nitrogen and oxygen atoms in total. The summed E-state index contributed by atoms with van der Waals surface area (Å²) >= 11 is 0. The maximum Gasteiger partial charge on any atom is 0.191 e. The summed E-state index contributed by atoms with van der Waals surface area (Å²) in [6.07, 6.45) is 12.7. The molecule has 6 heteroatoms. The van der Waals surface area contributed by atoms with Crippen LogP contribution in [0.3, 0.4) is 0 Å². The Bertz CT molecular complexity index is 700. The molecular weight excluding hydrogens is 437 g/mol. The Kier molecular flexibility index (Phi) is 8.67. The fraction of sp³-hybridized carbons (Fsp3) is 0.400. The second-order valence-corrected chi connectivity index (χ2v) is 6.34. The van der Waals surface area contributed by atoms with E-state index >= 15 is 0 Å². The van der Waals surface area contributed by atoms with Gasteiger partial charge in [-0.25, -0.2) is 4.98 Å². The van der Waals surface area contributed by atoms with Crippen molar-refractivity contribution in [1.29, 1.82) is 0 Å². The van der Waals surface area contributed by atoms with Gasteiger partial charge in [-0.1, -0.05) is 42.5 Å². The third-order valence-electron chi connectivity index (χ3n) is 4.50. The summed E-state index contributed by atoms with van der Waals surface area (Å²) in [7, 11) is 1.81. The van der Waals surface area contributed by atoms with Crippen molar-refractivity contribution < 1.29 is 0 Å².